The van der Waals surface area contributed by atoms with Crippen molar-refractivity contribution in [1.29, 1.82) is 0 Å². The van der Waals surface area contributed by atoms with Gasteiger partial charge in [-0.15, -0.1) is 11.6 Å². The second kappa shape index (κ2) is 5.84. The molecule has 2 aliphatic rings. The molecular formula is C15H24ClN3. The average molecular weight is 282 g/mol. The van der Waals surface area contributed by atoms with Gasteiger partial charge >= 0.3 is 0 Å². The van der Waals surface area contributed by atoms with Crippen LogP contribution in [0.15, 0.2) is 12.3 Å². The van der Waals surface area contributed by atoms with E-state index in [1.54, 1.807) is 0 Å². The summed E-state index contributed by atoms with van der Waals surface area (Å²) in [6, 6.07) is 3.36. The number of hydrogen-bond acceptors (Lipinski definition) is 2. The maximum Gasteiger partial charge on any atom is 0.0765 e. The highest BCUT2D eigenvalue weighted by Gasteiger charge is 2.30. The molecule has 1 saturated heterocycles. The van der Waals surface area contributed by atoms with Gasteiger partial charge in [-0.2, -0.15) is 5.10 Å². The van der Waals surface area contributed by atoms with Gasteiger partial charge in [-0.1, -0.05) is 19.8 Å². The lowest BCUT2D eigenvalue weighted by Gasteiger charge is -2.23. The van der Waals surface area contributed by atoms with Crippen LogP contribution in [0, 0.1) is 5.92 Å². The van der Waals surface area contributed by atoms with E-state index < -0.39 is 0 Å². The van der Waals surface area contributed by atoms with Crippen molar-refractivity contribution in [1.82, 2.24) is 14.7 Å². The first-order valence-corrected chi connectivity index (χ1v) is 8.15. The molecule has 3 nitrogen and oxygen atoms in total. The molecule has 2 unspecified atom stereocenters. The van der Waals surface area contributed by atoms with E-state index in [1.807, 2.05) is 0 Å². The molecule has 1 saturated carbocycles. The number of hydrogen-bond donors (Lipinski definition) is 0. The van der Waals surface area contributed by atoms with Gasteiger partial charge in [0.2, 0.25) is 0 Å². The molecule has 2 heterocycles. The van der Waals surface area contributed by atoms with Crippen molar-refractivity contribution in [2.24, 2.45) is 5.92 Å². The van der Waals surface area contributed by atoms with Gasteiger partial charge < -0.3 is 0 Å². The van der Waals surface area contributed by atoms with E-state index in [4.69, 9.17) is 16.7 Å². The Morgan fingerprint density at radius 2 is 2.11 bits per heavy atom. The second-order valence-corrected chi connectivity index (χ2v) is 6.49. The van der Waals surface area contributed by atoms with Crippen molar-refractivity contribution in [2.75, 3.05) is 12.4 Å². The minimum Gasteiger partial charge on any atom is -0.293 e. The molecule has 0 radical (unpaired) electrons. The molecule has 2 atom stereocenters. The Morgan fingerprint density at radius 3 is 2.84 bits per heavy atom. The molecule has 0 amide bonds. The van der Waals surface area contributed by atoms with Crippen molar-refractivity contribution in [2.45, 2.75) is 57.7 Å². The van der Waals surface area contributed by atoms with E-state index in [2.05, 4.69) is 28.8 Å². The molecule has 19 heavy (non-hydrogen) atoms. The van der Waals surface area contributed by atoms with Gasteiger partial charge in [-0.3, -0.25) is 9.58 Å². The Kier molecular flexibility index (Phi) is 4.13. The molecule has 2 fully saturated rings. The van der Waals surface area contributed by atoms with Crippen LogP contribution in [0.25, 0.3) is 0 Å². The molecular weight excluding hydrogens is 258 g/mol. The summed E-state index contributed by atoms with van der Waals surface area (Å²) in [5.41, 5.74) is 1.20. The van der Waals surface area contributed by atoms with Gasteiger partial charge in [-0.25, -0.2) is 0 Å². The third kappa shape index (κ3) is 2.82. The maximum atomic E-state index is 6.11. The van der Waals surface area contributed by atoms with Crippen LogP contribution in [0.4, 0.5) is 0 Å². The fraction of sp³-hybridized carbons (Fsp3) is 0.800. The van der Waals surface area contributed by atoms with Crippen LogP contribution in [-0.4, -0.2) is 33.1 Å². The van der Waals surface area contributed by atoms with Crippen molar-refractivity contribution < 1.29 is 0 Å². The number of aromatic nitrogens is 2. The smallest absolute Gasteiger partial charge is 0.0765 e. The highest BCUT2D eigenvalue weighted by Crippen LogP contribution is 2.29. The zero-order valence-electron chi connectivity index (χ0n) is 11.8. The number of alkyl halides is 1. The monoisotopic (exact) mass is 281 g/mol. The minimum absolute atomic E-state index is 0.526. The van der Waals surface area contributed by atoms with Crippen LogP contribution in [-0.2, 0) is 6.54 Å². The molecule has 0 spiro atoms. The summed E-state index contributed by atoms with van der Waals surface area (Å²) in [7, 11) is 0. The molecule has 0 aromatic carbocycles. The standard InChI is InChI=1S/C15H24ClN3/c1-12-6-8-18(15(12)10-16)11-13-7-9-19(17-13)14-4-2-3-5-14/h7,9,12,14-15H,2-6,8,10-11H2,1H3. The topological polar surface area (TPSA) is 21.1 Å². The largest absolute Gasteiger partial charge is 0.293 e. The Balaban J connectivity index is 1.63. The van der Waals surface area contributed by atoms with E-state index in [-0.39, 0.29) is 0 Å². The van der Waals surface area contributed by atoms with E-state index in [0.29, 0.717) is 12.1 Å². The highest BCUT2D eigenvalue weighted by atomic mass is 35.5. The van der Waals surface area contributed by atoms with E-state index >= 15 is 0 Å². The van der Waals surface area contributed by atoms with Crippen LogP contribution in [0.1, 0.15) is 50.8 Å². The zero-order chi connectivity index (χ0) is 13.2. The summed E-state index contributed by atoms with van der Waals surface area (Å²) < 4.78 is 2.19. The summed E-state index contributed by atoms with van der Waals surface area (Å²) in [5, 5.41) is 4.78. The van der Waals surface area contributed by atoms with E-state index in [1.165, 1.54) is 37.8 Å². The summed E-state index contributed by atoms with van der Waals surface area (Å²) in [5.74, 6) is 1.46. The van der Waals surface area contributed by atoms with Crippen molar-refractivity contribution in [3.05, 3.63) is 18.0 Å². The number of rotatable bonds is 4. The first kappa shape index (κ1) is 13.4. The summed E-state index contributed by atoms with van der Waals surface area (Å²) in [4.78, 5) is 2.50. The normalized spacial score (nSPS) is 29.4. The zero-order valence-corrected chi connectivity index (χ0v) is 12.5. The van der Waals surface area contributed by atoms with Gasteiger partial charge in [-0.05, 0) is 37.8 Å². The highest BCUT2D eigenvalue weighted by molar-refractivity contribution is 6.18. The summed E-state index contributed by atoms with van der Waals surface area (Å²) in [6.45, 7) is 4.43. The van der Waals surface area contributed by atoms with Gasteiger partial charge in [0.15, 0.2) is 0 Å². The van der Waals surface area contributed by atoms with Crippen molar-refractivity contribution >= 4 is 11.6 Å². The molecule has 1 aliphatic heterocycles. The molecule has 4 heteroatoms. The SMILES string of the molecule is CC1CCN(Cc2ccn(C3CCCC3)n2)C1CCl. The minimum atomic E-state index is 0.526. The second-order valence-electron chi connectivity index (χ2n) is 6.18. The van der Waals surface area contributed by atoms with Crippen LogP contribution < -0.4 is 0 Å². The Labute approximate surface area is 120 Å². The van der Waals surface area contributed by atoms with Crippen LogP contribution >= 0.6 is 11.6 Å². The van der Waals surface area contributed by atoms with Gasteiger partial charge in [0.25, 0.3) is 0 Å². The predicted octanol–water partition coefficient (Wildman–Crippen LogP) is 3.45. The quantitative estimate of drug-likeness (QED) is 0.788. The molecule has 106 valence electrons. The Morgan fingerprint density at radius 1 is 1.32 bits per heavy atom. The van der Waals surface area contributed by atoms with Crippen molar-refractivity contribution in [3.63, 3.8) is 0 Å². The number of halogens is 1. The first-order valence-electron chi connectivity index (χ1n) is 7.62. The average Bonchev–Trinajstić information content (AvgIpc) is 3.11. The van der Waals surface area contributed by atoms with E-state index in [9.17, 15) is 0 Å². The van der Waals surface area contributed by atoms with Gasteiger partial charge in [0, 0.05) is 24.7 Å². The molecule has 0 bridgehead atoms. The van der Waals surface area contributed by atoms with Gasteiger partial charge in [0.1, 0.15) is 0 Å². The van der Waals surface area contributed by atoms with Gasteiger partial charge in [0.05, 0.1) is 11.7 Å². The van der Waals surface area contributed by atoms with E-state index in [0.717, 1.165) is 24.9 Å². The van der Waals surface area contributed by atoms with Crippen LogP contribution in [0.3, 0.4) is 0 Å². The fourth-order valence-corrected chi connectivity index (χ4v) is 4.07. The molecule has 1 aromatic rings. The lowest BCUT2D eigenvalue weighted by atomic mass is 10.1. The number of likely N-dealkylation sites (tertiary alicyclic amines) is 1. The summed E-state index contributed by atoms with van der Waals surface area (Å²) in [6.07, 6.45) is 8.75. The maximum absolute atomic E-state index is 6.11. The predicted molar refractivity (Wildman–Crippen MR) is 78.4 cm³/mol. The number of nitrogens with zero attached hydrogens (tertiary/aromatic N) is 3. The Bertz CT molecular complexity index is 411. The van der Waals surface area contributed by atoms with Crippen molar-refractivity contribution in [3.8, 4) is 0 Å². The Hall–Kier alpha value is -0.540. The molecule has 3 rings (SSSR count). The molecule has 1 aliphatic carbocycles. The molecule has 1 aromatic heterocycles. The first-order chi connectivity index (χ1) is 9.28. The lowest BCUT2D eigenvalue weighted by molar-refractivity contribution is 0.238. The summed E-state index contributed by atoms with van der Waals surface area (Å²) >= 11 is 6.11. The van der Waals surface area contributed by atoms with Crippen LogP contribution in [0.2, 0.25) is 0 Å². The van der Waals surface area contributed by atoms with Crippen LogP contribution in [0.5, 0.6) is 0 Å². The lowest BCUT2D eigenvalue weighted by Crippen LogP contribution is -2.33. The third-order valence-corrected chi connectivity index (χ3v) is 5.20. The fourth-order valence-electron chi connectivity index (χ4n) is 3.58. The molecule has 0 N–H and O–H groups in total. The third-order valence-electron chi connectivity index (χ3n) is 4.88.